The molecule has 0 aromatic carbocycles. The van der Waals surface area contributed by atoms with Crippen LogP contribution in [0.4, 0.5) is 0 Å². The Balaban J connectivity index is 2.20. The van der Waals surface area contributed by atoms with Gasteiger partial charge in [0.2, 0.25) is 0 Å². The lowest BCUT2D eigenvalue weighted by molar-refractivity contribution is 0.393. The number of fused-ring (bicyclic) bond motifs is 1. The summed E-state index contributed by atoms with van der Waals surface area (Å²) in [5.41, 5.74) is 8.09. The smallest absolute Gasteiger partial charge is 0.0368 e. The van der Waals surface area contributed by atoms with Gasteiger partial charge in [-0.25, -0.2) is 0 Å². The van der Waals surface area contributed by atoms with Crippen LogP contribution in [-0.2, 0) is 0 Å². The van der Waals surface area contributed by atoms with Gasteiger partial charge < -0.3 is 5.73 Å². The van der Waals surface area contributed by atoms with Crippen molar-refractivity contribution in [1.82, 2.24) is 0 Å². The average molecular weight is 165 g/mol. The van der Waals surface area contributed by atoms with Gasteiger partial charge in [-0.05, 0) is 38.5 Å². The van der Waals surface area contributed by atoms with Crippen molar-refractivity contribution in [2.24, 2.45) is 5.73 Å². The maximum Gasteiger partial charge on any atom is 0.0368 e. The van der Waals surface area contributed by atoms with Crippen LogP contribution in [0.5, 0.6) is 0 Å². The van der Waals surface area contributed by atoms with E-state index >= 15 is 0 Å². The predicted octanol–water partition coefficient (Wildman–Crippen LogP) is 2.76. The van der Waals surface area contributed by atoms with Gasteiger partial charge in [-0.15, -0.1) is 0 Å². The first-order chi connectivity index (χ1) is 5.81. The van der Waals surface area contributed by atoms with Crippen LogP contribution in [0.15, 0.2) is 11.6 Å². The minimum Gasteiger partial charge on any atom is -0.322 e. The molecular formula is C11H19N. The summed E-state index contributed by atoms with van der Waals surface area (Å²) in [7, 11) is 0. The summed E-state index contributed by atoms with van der Waals surface area (Å²) < 4.78 is 0. The van der Waals surface area contributed by atoms with E-state index in [2.05, 4.69) is 6.08 Å². The summed E-state index contributed by atoms with van der Waals surface area (Å²) in [6, 6.07) is 0. The second-order valence-electron chi connectivity index (χ2n) is 4.34. The van der Waals surface area contributed by atoms with Crippen molar-refractivity contribution in [3.63, 3.8) is 0 Å². The minimum atomic E-state index is 0.120. The monoisotopic (exact) mass is 165 g/mol. The number of allylic oxidation sites excluding steroid dienone is 1. The van der Waals surface area contributed by atoms with Crippen molar-refractivity contribution in [2.75, 3.05) is 0 Å². The van der Waals surface area contributed by atoms with Gasteiger partial charge in [-0.1, -0.05) is 24.5 Å². The lowest BCUT2D eigenvalue weighted by atomic mass is 9.78. The van der Waals surface area contributed by atoms with E-state index in [0.29, 0.717) is 0 Å². The molecule has 1 saturated carbocycles. The van der Waals surface area contributed by atoms with Crippen molar-refractivity contribution >= 4 is 0 Å². The van der Waals surface area contributed by atoms with Gasteiger partial charge in [-0.2, -0.15) is 0 Å². The molecule has 0 spiro atoms. The third kappa shape index (κ3) is 1.42. The summed E-state index contributed by atoms with van der Waals surface area (Å²) in [5.74, 6) is 0. The highest BCUT2D eigenvalue weighted by molar-refractivity contribution is 5.22. The first-order valence-electron chi connectivity index (χ1n) is 5.30. The van der Waals surface area contributed by atoms with Crippen molar-refractivity contribution in [1.29, 1.82) is 0 Å². The van der Waals surface area contributed by atoms with Gasteiger partial charge in [0.1, 0.15) is 0 Å². The van der Waals surface area contributed by atoms with E-state index in [0.717, 1.165) is 0 Å². The highest BCUT2D eigenvalue weighted by Crippen LogP contribution is 2.36. The predicted molar refractivity (Wildman–Crippen MR) is 51.9 cm³/mol. The minimum absolute atomic E-state index is 0.120. The van der Waals surface area contributed by atoms with Gasteiger partial charge in [-0.3, -0.25) is 0 Å². The molecule has 0 amide bonds. The number of hydrogen-bond donors (Lipinski definition) is 1. The molecular weight excluding hydrogens is 146 g/mol. The molecule has 1 atom stereocenters. The Labute approximate surface area is 75.0 Å². The standard InChI is InChI=1S/C11H19N/c12-11-8-4-1-2-6-10(11)7-3-5-9-11/h7H,1-6,8-9,12H2. The molecule has 0 saturated heterocycles. The summed E-state index contributed by atoms with van der Waals surface area (Å²) in [6.07, 6.45) is 12.8. The Bertz CT molecular complexity index is 195. The van der Waals surface area contributed by atoms with Crippen LogP contribution in [0.3, 0.4) is 0 Å². The van der Waals surface area contributed by atoms with Crippen LogP contribution < -0.4 is 5.73 Å². The first kappa shape index (κ1) is 8.31. The van der Waals surface area contributed by atoms with E-state index in [1.807, 2.05) is 0 Å². The maximum atomic E-state index is 6.40. The molecule has 0 aliphatic heterocycles. The molecule has 2 aliphatic rings. The van der Waals surface area contributed by atoms with Gasteiger partial charge in [0.25, 0.3) is 0 Å². The van der Waals surface area contributed by atoms with E-state index in [1.54, 1.807) is 5.57 Å². The Morgan fingerprint density at radius 2 is 1.92 bits per heavy atom. The van der Waals surface area contributed by atoms with E-state index in [4.69, 9.17) is 5.73 Å². The molecule has 68 valence electrons. The zero-order chi connectivity index (χ0) is 8.44. The quantitative estimate of drug-likeness (QED) is 0.549. The fourth-order valence-electron chi connectivity index (χ4n) is 2.63. The molecule has 1 nitrogen and oxygen atoms in total. The summed E-state index contributed by atoms with van der Waals surface area (Å²) in [5, 5.41) is 0. The van der Waals surface area contributed by atoms with Crippen LogP contribution >= 0.6 is 0 Å². The normalized spacial score (nSPS) is 36.6. The van der Waals surface area contributed by atoms with Gasteiger partial charge >= 0.3 is 0 Å². The van der Waals surface area contributed by atoms with E-state index < -0.39 is 0 Å². The van der Waals surface area contributed by atoms with Crippen LogP contribution in [0, 0.1) is 0 Å². The fourth-order valence-corrected chi connectivity index (χ4v) is 2.63. The SMILES string of the molecule is NC12CCCC=C1CCCCC2. The van der Waals surface area contributed by atoms with Crippen molar-refractivity contribution in [2.45, 2.75) is 56.9 Å². The highest BCUT2D eigenvalue weighted by Gasteiger charge is 2.31. The average Bonchev–Trinajstić information content (AvgIpc) is 2.25. The molecule has 0 bridgehead atoms. The summed E-state index contributed by atoms with van der Waals surface area (Å²) >= 11 is 0. The number of hydrogen-bond acceptors (Lipinski definition) is 1. The van der Waals surface area contributed by atoms with Crippen LogP contribution in [0.1, 0.15) is 51.4 Å². The van der Waals surface area contributed by atoms with Gasteiger partial charge in [0.05, 0.1) is 0 Å². The van der Waals surface area contributed by atoms with Gasteiger partial charge in [0, 0.05) is 5.54 Å². The molecule has 0 aromatic heterocycles. The van der Waals surface area contributed by atoms with E-state index in [9.17, 15) is 0 Å². The Kier molecular flexibility index (Phi) is 2.22. The largest absolute Gasteiger partial charge is 0.322 e. The molecule has 2 N–H and O–H groups in total. The van der Waals surface area contributed by atoms with Crippen LogP contribution in [0.2, 0.25) is 0 Å². The summed E-state index contributed by atoms with van der Waals surface area (Å²) in [6.45, 7) is 0. The molecule has 0 aromatic rings. The molecule has 2 rings (SSSR count). The number of rotatable bonds is 0. The van der Waals surface area contributed by atoms with E-state index in [1.165, 1.54) is 51.4 Å². The fraction of sp³-hybridized carbons (Fsp3) is 0.818. The van der Waals surface area contributed by atoms with Crippen molar-refractivity contribution < 1.29 is 0 Å². The topological polar surface area (TPSA) is 26.0 Å². The molecule has 12 heavy (non-hydrogen) atoms. The van der Waals surface area contributed by atoms with Crippen LogP contribution in [0.25, 0.3) is 0 Å². The zero-order valence-electron chi connectivity index (χ0n) is 7.81. The Morgan fingerprint density at radius 1 is 1.08 bits per heavy atom. The Hall–Kier alpha value is -0.300. The van der Waals surface area contributed by atoms with Crippen LogP contribution in [-0.4, -0.2) is 5.54 Å². The molecule has 2 aliphatic carbocycles. The molecule has 0 radical (unpaired) electrons. The molecule has 1 fully saturated rings. The van der Waals surface area contributed by atoms with E-state index in [-0.39, 0.29) is 5.54 Å². The Morgan fingerprint density at radius 3 is 2.83 bits per heavy atom. The molecule has 0 heterocycles. The second-order valence-corrected chi connectivity index (χ2v) is 4.34. The third-order valence-electron chi connectivity index (χ3n) is 3.43. The number of nitrogens with two attached hydrogens (primary N) is 1. The van der Waals surface area contributed by atoms with Crippen molar-refractivity contribution in [3.05, 3.63) is 11.6 Å². The lowest BCUT2D eigenvalue weighted by Crippen LogP contribution is -2.42. The highest BCUT2D eigenvalue weighted by atomic mass is 14.7. The van der Waals surface area contributed by atoms with Gasteiger partial charge in [0.15, 0.2) is 0 Å². The maximum absolute atomic E-state index is 6.40. The second kappa shape index (κ2) is 3.21. The summed E-state index contributed by atoms with van der Waals surface area (Å²) in [4.78, 5) is 0. The molecule has 1 heteroatoms. The third-order valence-corrected chi connectivity index (χ3v) is 3.43. The zero-order valence-corrected chi connectivity index (χ0v) is 7.81. The lowest BCUT2D eigenvalue weighted by Gasteiger charge is -2.34. The first-order valence-corrected chi connectivity index (χ1v) is 5.30. The van der Waals surface area contributed by atoms with Crippen molar-refractivity contribution in [3.8, 4) is 0 Å². The molecule has 1 unspecified atom stereocenters.